The summed E-state index contributed by atoms with van der Waals surface area (Å²) in [4.78, 5) is 13.7. The van der Waals surface area contributed by atoms with Gasteiger partial charge in [-0.05, 0) is 12.8 Å². The van der Waals surface area contributed by atoms with Crippen molar-refractivity contribution in [2.45, 2.75) is 46.0 Å². The van der Waals surface area contributed by atoms with Gasteiger partial charge in [0.15, 0.2) is 0 Å². The molecule has 0 aromatic heterocycles. The van der Waals surface area contributed by atoms with E-state index in [4.69, 9.17) is 0 Å². The normalized spacial score (nSPS) is 25.2. The Balaban J connectivity index is 1.85. The van der Waals surface area contributed by atoms with Crippen LogP contribution < -0.4 is 0 Å². The van der Waals surface area contributed by atoms with Gasteiger partial charge >= 0.3 is 0 Å². The Bertz CT molecular complexity index is 220. The van der Waals surface area contributed by atoms with Gasteiger partial charge < -0.3 is 4.90 Å². The number of hydrogen-bond donors (Lipinski definition) is 0. The van der Waals surface area contributed by atoms with Crippen molar-refractivity contribution in [3.05, 3.63) is 0 Å². The summed E-state index contributed by atoms with van der Waals surface area (Å²) in [5, 5.41) is 0. The summed E-state index contributed by atoms with van der Waals surface area (Å²) in [6.45, 7) is 6.08. The zero-order chi connectivity index (χ0) is 10.2. The molecule has 1 aliphatic carbocycles. The number of nitrogens with zero attached hydrogens (tertiary/aromatic N) is 1. The van der Waals surface area contributed by atoms with Gasteiger partial charge in [-0.15, -0.1) is 0 Å². The highest BCUT2D eigenvalue weighted by Gasteiger charge is 2.45. The van der Waals surface area contributed by atoms with Crippen LogP contribution >= 0.6 is 0 Å². The molecular formula is C12H21NO. The number of likely N-dealkylation sites (tertiary alicyclic amines) is 1. The lowest BCUT2D eigenvalue weighted by Gasteiger charge is -2.53. The van der Waals surface area contributed by atoms with Gasteiger partial charge in [-0.2, -0.15) is 0 Å². The van der Waals surface area contributed by atoms with Gasteiger partial charge in [0.1, 0.15) is 0 Å². The minimum atomic E-state index is 0.177. The second-order valence-corrected chi connectivity index (χ2v) is 5.41. The molecule has 0 unspecified atom stereocenters. The molecule has 1 saturated carbocycles. The summed E-state index contributed by atoms with van der Waals surface area (Å²) in [7, 11) is 0. The molecule has 14 heavy (non-hydrogen) atoms. The van der Waals surface area contributed by atoms with Crippen LogP contribution in [0.25, 0.3) is 0 Å². The Labute approximate surface area is 86.7 Å². The number of amides is 1. The number of rotatable bonds is 1. The van der Waals surface area contributed by atoms with Crippen LogP contribution in [0.2, 0.25) is 0 Å². The van der Waals surface area contributed by atoms with E-state index in [2.05, 4.69) is 4.90 Å². The van der Waals surface area contributed by atoms with Gasteiger partial charge in [-0.1, -0.05) is 33.1 Å². The smallest absolute Gasteiger partial charge is 0.225 e. The molecule has 1 aliphatic heterocycles. The Morgan fingerprint density at radius 2 is 1.71 bits per heavy atom. The molecule has 1 amide bonds. The van der Waals surface area contributed by atoms with E-state index in [1.807, 2.05) is 13.8 Å². The van der Waals surface area contributed by atoms with Crippen molar-refractivity contribution in [3.8, 4) is 0 Å². The van der Waals surface area contributed by atoms with Crippen LogP contribution in [0.5, 0.6) is 0 Å². The molecule has 1 spiro atoms. The van der Waals surface area contributed by atoms with Crippen LogP contribution in [0.15, 0.2) is 0 Å². The molecule has 1 saturated heterocycles. The molecule has 80 valence electrons. The first-order valence-electron chi connectivity index (χ1n) is 5.92. The third kappa shape index (κ3) is 1.67. The lowest BCUT2D eigenvalue weighted by Crippen LogP contribution is -2.59. The highest BCUT2D eigenvalue weighted by molar-refractivity contribution is 5.79. The SMILES string of the molecule is CC(C)C(=O)N1CC2(CCCCC2)C1. The lowest BCUT2D eigenvalue weighted by atomic mass is 9.68. The Morgan fingerprint density at radius 1 is 1.14 bits per heavy atom. The zero-order valence-corrected chi connectivity index (χ0v) is 9.38. The molecule has 2 heteroatoms. The molecule has 0 N–H and O–H groups in total. The first-order chi connectivity index (χ1) is 6.63. The van der Waals surface area contributed by atoms with Crippen molar-refractivity contribution >= 4 is 5.91 Å². The highest BCUT2D eigenvalue weighted by Crippen LogP contribution is 2.44. The Morgan fingerprint density at radius 3 is 2.21 bits per heavy atom. The van der Waals surface area contributed by atoms with E-state index in [-0.39, 0.29) is 5.92 Å². The molecule has 0 atom stereocenters. The predicted molar refractivity (Wildman–Crippen MR) is 56.9 cm³/mol. The second-order valence-electron chi connectivity index (χ2n) is 5.41. The molecule has 0 bridgehead atoms. The van der Waals surface area contributed by atoms with E-state index in [0.717, 1.165) is 13.1 Å². The summed E-state index contributed by atoms with van der Waals surface area (Å²) in [6, 6.07) is 0. The van der Waals surface area contributed by atoms with Crippen molar-refractivity contribution < 1.29 is 4.79 Å². The molecule has 2 aliphatic rings. The molecule has 2 rings (SSSR count). The average Bonchev–Trinajstić information content (AvgIpc) is 2.14. The molecule has 0 radical (unpaired) electrons. The Hall–Kier alpha value is -0.530. The van der Waals surface area contributed by atoms with Crippen molar-refractivity contribution in [2.75, 3.05) is 13.1 Å². The first kappa shape index (κ1) is 10.0. The van der Waals surface area contributed by atoms with Gasteiger partial charge in [0.2, 0.25) is 5.91 Å². The minimum Gasteiger partial charge on any atom is -0.341 e. The van der Waals surface area contributed by atoms with E-state index in [1.165, 1.54) is 32.1 Å². The van der Waals surface area contributed by atoms with E-state index in [0.29, 0.717) is 11.3 Å². The van der Waals surface area contributed by atoms with Crippen molar-refractivity contribution in [1.29, 1.82) is 0 Å². The fourth-order valence-corrected chi connectivity index (χ4v) is 2.90. The van der Waals surface area contributed by atoms with E-state index in [1.54, 1.807) is 0 Å². The number of carbonyl (C=O) groups is 1. The predicted octanol–water partition coefficient (Wildman–Crippen LogP) is 2.44. The number of hydrogen-bond acceptors (Lipinski definition) is 1. The van der Waals surface area contributed by atoms with Gasteiger partial charge in [0.25, 0.3) is 0 Å². The first-order valence-corrected chi connectivity index (χ1v) is 5.92. The fraction of sp³-hybridized carbons (Fsp3) is 0.917. The summed E-state index contributed by atoms with van der Waals surface area (Å²) in [5.41, 5.74) is 0.544. The van der Waals surface area contributed by atoms with Crippen LogP contribution in [-0.4, -0.2) is 23.9 Å². The third-order valence-electron chi connectivity index (χ3n) is 3.77. The topological polar surface area (TPSA) is 20.3 Å². The van der Waals surface area contributed by atoms with E-state index < -0.39 is 0 Å². The standard InChI is InChI=1S/C12H21NO/c1-10(2)11(14)13-8-12(9-13)6-4-3-5-7-12/h10H,3-9H2,1-2H3. The summed E-state index contributed by atoms with van der Waals surface area (Å²) in [6.07, 6.45) is 6.87. The third-order valence-corrected chi connectivity index (χ3v) is 3.77. The van der Waals surface area contributed by atoms with Crippen molar-refractivity contribution in [1.82, 2.24) is 4.90 Å². The molecular weight excluding hydrogens is 174 g/mol. The van der Waals surface area contributed by atoms with Crippen molar-refractivity contribution in [3.63, 3.8) is 0 Å². The summed E-state index contributed by atoms with van der Waals surface area (Å²) >= 11 is 0. The van der Waals surface area contributed by atoms with Crippen LogP contribution in [0.4, 0.5) is 0 Å². The van der Waals surface area contributed by atoms with Crippen LogP contribution in [0.1, 0.15) is 46.0 Å². The average molecular weight is 195 g/mol. The number of carbonyl (C=O) groups excluding carboxylic acids is 1. The highest BCUT2D eigenvalue weighted by atomic mass is 16.2. The molecule has 2 nitrogen and oxygen atoms in total. The maximum atomic E-state index is 11.7. The van der Waals surface area contributed by atoms with Crippen LogP contribution in [0.3, 0.4) is 0 Å². The zero-order valence-electron chi connectivity index (χ0n) is 9.38. The van der Waals surface area contributed by atoms with Crippen LogP contribution in [0, 0.1) is 11.3 Å². The Kier molecular flexibility index (Phi) is 2.54. The monoisotopic (exact) mass is 195 g/mol. The van der Waals surface area contributed by atoms with Gasteiger partial charge in [0, 0.05) is 24.4 Å². The maximum Gasteiger partial charge on any atom is 0.225 e. The van der Waals surface area contributed by atoms with Gasteiger partial charge in [-0.3, -0.25) is 4.79 Å². The second kappa shape index (κ2) is 3.56. The van der Waals surface area contributed by atoms with Gasteiger partial charge in [0.05, 0.1) is 0 Å². The largest absolute Gasteiger partial charge is 0.341 e. The quantitative estimate of drug-likeness (QED) is 0.629. The van der Waals surface area contributed by atoms with E-state index >= 15 is 0 Å². The lowest BCUT2D eigenvalue weighted by molar-refractivity contribution is -0.149. The van der Waals surface area contributed by atoms with Gasteiger partial charge in [-0.25, -0.2) is 0 Å². The minimum absolute atomic E-state index is 0.177. The van der Waals surface area contributed by atoms with Crippen molar-refractivity contribution in [2.24, 2.45) is 11.3 Å². The summed E-state index contributed by atoms with van der Waals surface area (Å²) < 4.78 is 0. The molecule has 0 aromatic carbocycles. The van der Waals surface area contributed by atoms with Crippen LogP contribution in [-0.2, 0) is 4.79 Å². The molecule has 2 fully saturated rings. The summed E-state index contributed by atoms with van der Waals surface area (Å²) in [5.74, 6) is 0.525. The maximum absolute atomic E-state index is 11.7. The molecule has 1 heterocycles. The fourth-order valence-electron chi connectivity index (χ4n) is 2.90. The molecule has 0 aromatic rings. The van der Waals surface area contributed by atoms with E-state index in [9.17, 15) is 4.79 Å².